The van der Waals surface area contributed by atoms with Crippen molar-refractivity contribution in [1.29, 1.82) is 0 Å². The molecule has 2 N–H and O–H groups in total. The van der Waals surface area contributed by atoms with Crippen molar-refractivity contribution < 1.29 is 67.5 Å². The van der Waals surface area contributed by atoms with Gasteiger partial charge >= 0.3 is 23.9 Å². The van der Waals surface area contributed by atoms with Crippen molar-refractivity contribution in [3.63, 3.8) is 0 Å². The average molecular weight is 1250 g/mol. The fraction of sp³-hybridized carbons (Fsp3) is 0.371. The normalized spacial score (nSPS) is 15.5. The Morgan fingerprint density at radius 1 is 0.517 bits per heavy atom. The Balaban J connectivity index is 0.000000281. The second-order valence-corrected chi connectivity index (χ2v) is 25.8. The largest absolute Gasteiger partial charge is 0.452 e. The third-order valence-corrected chi connectivity index (χ3v) is 15.4. The Labute approximate surface area is 526 Å². The van der Waals surface area contributed by atoms with Crippen LogP contribution in [0.3, 0.4) is 0 Å². The molecule has 14 nitrogen and oxygen atoms in total. The van der Waals surface area contributed by atoms with Crippen LogP contribution >= 0.6 is 35.3 Å². The van der Waals surface area contributed by atoms with E-state index >= 15 is 0 Å². The smallest absolute Gasteiger partial charge is 0.343 e. The van der Waals surface area contributed by atoms with Gasteiger partial charge in [0.05, 0.1) is 11.7 Å². The van der Waals surface area contributed by atoms with Gasteiger partial charge in [0, 0.05) is 55.5 Å². The van der Waals surface area contributed by atoms with Gasteiger partial charge in [-0.2, -0.15) is 0 Å². The molecule has 5 aromatic carbocycles. The number of ether oxygens (including phenoxy) is 4. The zero-order chi connectivity index (χ0) is 66.2. The fourth-order valence-corrected chi connectivity index (χ4v) is 10.3. The number of ketones is 4. The summed E-state index contributed by atoms with van der Waals surface area (Å²) in [5.74, 6) is -2.18. The van der Waals surface area contributed by atoms with Crippen molar-refractivity contribution in [2.75, 3.05) is 18.8 Å². The van der Waals surface area contributed by atoms with Crippen LogP contribution in [0, 0.1) is 13.8 Å². The zero-order valence-electron chi connectivity index (χ0n) is 53.7. The highest BCUT2D eigenvalue weighted by Crippen LogP contribution is 2.42. The molecule has 8 rings (SSSR count). The molecule has 5 aromatic rings. The topological polar surface area (TPSA) is 214 Å². The van der Waals surface area contributed by atoms with Gasteiger partial charge in [0.15, 0.2) is 17.2 Å². The van der Waals surface area contributed by atoms with E-state index in [2.05, 4.69) is 12.1 Å². The SMILES string of the molecule is CC(=O)C1=C(c2ccc(C)cc2)C(C)(C)OC1=O.CC(C)=O.CSc1ccc(C(=O)C(C)(C)O)cc1.CSc1ccc(C(=O)C(C)(C)OC(C)=O)cc1.CSc1ccc(C2=CC(=O)OC2(C)C)cc1.Cc1ccc(C2=C(C(C)O)C(=O)OC2(C)C)cc1. The lowest BCUT2D eigenvalue weighted by Gasteiger charge is -2.22. The molecule has 0 aliphatic carbocycles. The zero-order valence-corrected chi connectivity index (χ0v) is 56.2. The molecule has 0 fully saturated rings. The van der Waals surface area contributed by atoms with Crippen LogP contribution < -0.4 is 0 Å². The first-order valence-corrected chi connectivity index (χ1v) is 31.6. The summed E-state index contributed by atoms with van der Waals surface area (Å²) in [5, 5.41) is 19.3. The molecule has 0 radical (unpaired) electrons. The molecule has 466 valence electrons. The molecular formula is C70H84O14S3. The summed E-state index contributed by atoms with van der Waals surface area (Å²) in [7, 11) is 0. The summed E-state index contributed by atoms with van der Waals surface area (Å²) in [6.45, 7) is 28.6. The first kappa shape index (κ1) is 74.1. The van der Waals surface area contributed by atoms with Crippen molar-refractivity contribution in [1.82, 2.24) is 0 Å². The number of aliphatic hydroxyl groups is 2. The molecule has 1 atom stereocenters. The van der Waals surface area contributed by atoms with E-state index in [-0.39, 0.29) is 34.7 Å². The Morgan fingerprint density at radius 3 is 1.22 bits per heavy atom. The van der Waals surface area contributed by atoms with E-state index < -0.39 is 52.0 Å². The van der Waals surface area contributed by atoms with Crippen molar-refractivity contribution in [3.05, 3.63) is 177 Å². The highest BCUT2D eigenvalue weighted by molar-refractivity contribution is 7.99. The summed E-state index contributed by atoms with van der Waals surface area (Å²) >= 11 is 4.94. The Hall–Kier alpha value is -7.15. The predicted molar refractivity (Wildman–Crippen MR) is 349 cm³/mol. The number of carbonyl (C=O) groups excluding carboxylic acids is 8. The first-order valence-electron chi connectivity index (χ1n) is 27.9. The van der Waals surface area contributed by atoms with E-state index in [1.807, 2.05) is 145 Å². The van der Waals surface area contributed by atoms with Gasteiger partial charge in [0.1, 0.15) is 33.8 Å². The Morgan fingerprint density at radius 2 is 0.874 bits per heavy atom. The predicted octanol–water partition coefficient (Wildman–Crippen LogP) is 14.2. The molecule has 3 heterocycles. The minimum Gasteiger partial charge on any atom is -0.452 e. The van der Waals surface area contributed by atoms with Crippen LogP contribution in [0.25, 0.3) is 16.7 Å². The highest BCUT2D eigenvalue weighted by atomic mass is 32.2. The second kappa shape index (κ2) is 31.7. The number of carbonyl (C=O) groups is 8. The quantitative estimate of drug-likeness (QED) is 0.0369. The van der Waals surface area contributed by atoms with Crippen LogP contribution in [0.4, 0.5) is 0 Å². The maximum atomic E-state index is 12.1. The summed E-state index contributed by atoms with van der Waals surface area (Å²) < 4.78 is 20.9. The average Bonchev–Trinajstić information content (AvgIpc) is 1.92. The third kappa shape index (κ3) is 21.6. The molecule has 1 unspecified atom stereocenters. The van der Waals surface area contributed by atoms with Gasteiger partial charge in [-0.05, 0) is 183 Å². The molecule has 0 amide bonds. The molecule has 0 saturated carbocycles. The molecule has 0 spiro atoms. The van der Waals surface area contributed by atoms with Crippen molar-refractivity contribution in [3.8, 4) is 0 Å². The molecule has 0 saturated heterocycles. The van der Waals surface area contributed by atoms with Crippen LogP contribution in [0.1, 0.15) is 152 Å². The van der Waals surface area contributed by atoms with E-state index in [0.717, 1.165) is 48.8 Å². The van der Waals surface area contributed by atoms with Crippen LogP contribution in [0.5, 0.6) is 0 Å². The second-order valence-electron chi connectivity index (χ2n) is 23.2. The molecule has 0 aromatic heterocycles. The molecule has 3 aliphatic rings. The highest BCUT2D eigenvalue weighted by Gasteiger charge is 2.44. The van der Waals surface area contributed by atoms with Gasteiger partial charge < -0.3 is 34.0 Å². The Kier molecular flexibility index (Phi) is 27.0. The molecule has 3 aliphatic heterocycles. The van der Waals surface area contributed by atoms with Crippen LogP contribution in [-0.2, 0) is 47.7 Å². The third-order valence-electron chi connectivity index (χ3n) is 13.2. The van der Waals surface area contributed by atoms with Crippen molar-refractivity contribution >= 4 is 99.0 Å². The van der Waals surface area contributed by atoms with Crippen LogP contribution in [0.2, 0.25) is 0 Å². The minimum absolute atomic E-state index is 0.167. The monoisotopic (exact) mass is 1240 g/mol. The van der Waals surface area contributed by atoms with E-state index in [1.54, 1.807) is 100 Å². The number of esters is 4. The van der Waals surface area contributed by atoms with Crippen molar-refractivity contribution in [2.45, 2.75) is 166 Å². The minimum atomic E-state index is -1.29. The van der Waals surface area contributed by atoms with Gasteiger partial charge in [-0.1, -0.05) is 96.1 Å². The van der Waals surface area contributed by atoms with E-state index in [4.69, 9.17) is 18.9 Å². The molecule has 87 heavy (non-hydrogen) atoms. The maximum Gasteiger partial charge on any atom is 0.343 e. The van der Waals surface area contributed by atoms with Gasteiger partial charge in [-0.15, -0.1) is 35.3 Å². The number of rotatable bonds is 13. The maximum absolute atomic E-state index is 12.1. The number of benzene rings is 5. The lowest BCUT2D eigenvalue weighted by molar-refractivity contribution is -0.150. The van der Waals surface area contributed by atoms with Gasteiger partial charge in [-0.25, -0.2) is 14.4 Å². The van der Waals surface area contributed by atoms with Gasteiger partial charge in [0.25, 0.3) is 0 Å². The first-order chi connectivity index (χ1) is 40.2. The summed E-state index contributed by atoms with van der Waals surface area (Å²) in [4.78, 5) is 94.0. The van der Waals surface area contributed by atoms with Crippen molar-refractivity contribution in [2.24, 2.45) is 0 Å². The standard InChI is InChI=1S/C15H18O3.C15H16O3.C13H16O3S.C13H14O2S.C11H14O2S.C3H6O/c2*1-9-5-7-11(8-6-9)13-12(10(2)16)14(17)18-15(13,3)4;1-9(14)16-13(2,3)12(15)10-5-7-11(17-4)8-6-10;1-13(2)11(8-12(14)15-13)9-4-6-10(16-3)7-5-9;1-11(2,13)10(12)8-4-6-9(14-3)7-5-8;1-3(2)4/h5-8,10,16H,1-4H3;5-8H,1-4H3;5-8H,1-4H3;4-8H,1-3H3;4-7,13H,1-3H3;1-2H3. The van der Waals surface area contributed by atoms with E-state index in [0.29, 0.717) is 22.3 Å². The lowest BCUT2D eigenvalue weighted by atomic mass is 9.87. The molecular weight excluding hydrogens is 1160 g/mol. The van der Waals surface area contributed by atoms with Crippen LogP contribution in [0.15, 0.2) is 153 Å². The van der Waals surface area contributed by atoms with E-state index in [1.165, 1.54) is 46.4 Å². The fourth-order valence-electron chi connectivity index (χ4n) is 9.06. The van der Waals surface area contributed by atoms with Gasteiger partial charge in [0.2, 0.25) is 5.78 Å². The van der Waals surface area contributed by atoms with Crippen LogP contribution in [-0.4, -0.2) is 110 Å². The number of Topliss-reactive ketones (excluding diaryl/α,β-unsaturated/α-hetero) is 4. The van der Waals surface area contributed by atoms with Gasteiger partial charge in [-0.3, -0.25) is 19.2 Å². The number of hydrogen-bond donors (Lipinski definition) is 2. The number of aryl methyl sites for hydroxylation is 2. The summed E-state index contributed by atoms with van der Waals surface area (Å²) in [6, 6.07) is 38.3. The summed E-state index contributed by atoms with van der Waals surface area (Å²) in [5.41, 5.74) is 4.79. The number of aliphatic hydroxyl groups excluding tert-OH is 1. The Bertz CT molecular complexity index is 3370. The molecule has 17 heteroatoms. The number of thioether (sulfide) groups is 3. The molecule has 0 bridgehead atoms. The summed E-state index contributed by atoms with van der Waals surface area (Å²) in [6.07, 6.45) is 6.75. The lowest BCUT2D eigenvalue weighted by Crippen LogP contribution is -2.36. The number of cyclic esters (lactones) is 3. The number of hydrogen-bond acceptors (Lipinski definition) is 17. The van der Waals surface area contributed by atoms with E-state index in [9.17, 15) is 48.6 Å².